The van der Waals surface area contributed by atoms with E-state index in [1.807, 2.05) is 45.9 Å². The molecule has 10 heteroatoms. The summed E-state index contributed by atoms with van der Waals surface area (Å²) in [5.74, 6) is 0.00859. The van der Waals surface area contributed by atoms with Gasteiger partial charge in [0.1, 0.15) is 15.9 Å². The molecule has 1 amide bonds. The van der Waals surface area contributed by atoms with Crippen molar-refractivity contribution in [1.29, 1.82) is 5.26 Å². The number of hydrogen-bond donors (Lipinski definition) is 0. The lowest BCUT2D eigenvalue weighted by Crippen LogP contribution is -2.56. The van der Waals surface area contributed by atoms with Crippen molar-refractivity contribution >= 4 is 33.0 Å². The number of sulfone groups is 1. The van der Waals surface area contributed by atoms with E-state index in [4.69, 9.17) is 11.6 Å². The van der Waals surface area contributed by atoms with Crippen LogP contribution in [0.2, 0.25) is 5.02 Å². The maximum atomic E-state index is 13.2. The van der Waals surface area contributed by atoms with Crippen LogP contribution in [0.15, 0.2) is 67.1 Å². The molecule has 1 unspecified atom stereocenters. The number of amides is 1. The molecule has 1 aromatic heterocycles. The minimum absolute atomic E-state index is 0.0341. The second-order valence-electron chi connectivity index (χ2n) is 8.80. The second-order valence-corrected chi connectivity index (χ2v) is 11.7. The molecule has 2 atom stereocenters. The minimum atomic E-state index is -3.18. The molecule has 1 aliphatic rings. The summed E-state index contributed by atoms with van der Waals surface area (Å²) in [7, 11) is -3.18. The van der Waals surface area contributed by atoms with Crippen LogP contribution in [0.5, 0.6) is 0 Å². The number of carbonyl (C=O) groups excluding carboxylic acids is 1. The Morgan fingerprint density at radius 2 is 1.97 bits per heavy atom. The average molecular weight is 526 g/mol. The molecule has 2 aromatic carbocycles. The van der Waals surface area contributed by atoms with Gasteiger partial charge in [-0.2, -0.15) is 5.26 Å². The predicted molar refractivity (Wildman–Crippen MR) is 139 cm³/mol. The topological polar surface area (TPSA) is 99.3 Å². The van der Waals surface area contributed by atoms with E-state index >= 15 is 0 Å². The van der Waals surface area contributed by atoms with Crippen molar-refractivity contribution in [3.05, 3.63) is 83.4 Å². The number of rotatable bonds is 9. The average Bonchev–Trinajstić information content (AvgIpc) is 3.32. The Kier molecular flexibility index (Phi) is 8.09. The third-order valence-corrected chi connectivity index (χ3v) is 8.47. The first kappa shape index (κ1) is 25.9. The summed E-state index contributed by atoms with van der Waals surface area (Å²) < 4.78 is 26.4. The van der Waals surface area contributed by atoms with E-state index in [0.717, 1.165) is 11.3 Å². The van der Waals surface area contributed by atoms with E-state index in [-0.39, 0.29) is 30.0 Å². The van der Waals surface area contributed by atoms with Crippen molar-refractivity contribution < 1.29 is 13.2 Å². The largest absolute Gasteiger partial charge is 0.313 e. The molecule has 0 saturated carbocycles. The van der Waals surface area contributed by atoms with Crippen LogP contribution in [0.3, 0.4) is 0 Å². The van der Waals surface area contributed by atoms with Crippen molar-refractivity contribution in [2.24, 2.45) is 0 Å². The summed E-state index contributed by atoms with van der Waals surface area (Å²) in [5, 5.41) is 10.4. The highest BCUT2D eigenvalue weighted by molar-refractivity contribution is 7.91. The first-order valence-electron chi connectivity index (χ1n) is 11.8. The molecular weight excluding hydrogens is 498 g/mol. The number of benzene rings is 2. The highest BCUT2D eigenvalue weighted by Gasteiger charge is 2.34. The first-order chi connectivity index (χ1) is 17.3. The number of anilines is 1. The quantitative estimate of drug-likeness (QED) is 0.422. The summed E-state index contributed by atoms with van der Waals surface area (Å²) >= 11 is 6.16. The highest BCUT2D eigenvalue weighted by Crippen LogP contribution is 2.27. The van der Waals surface area contributed by atoms with Crippen LogP contribution in [0, 0.1) is 11.3 Å². The van der Waals surface area contributed by atoms with Gasteiger partial charge in [-0.3, -0.25) is 9.69 Å². The molecule has 3 aromatic rings. The van der Waals surface area contributed by atoms with Gasteiger partial charge in [0, 0.05) is 41.8 Å². The number of piperazine rings is 1. The Hall–Kier alpha value is -3.19. The van der Waals surface area contributed by atoms with Crippen molar-refractivity contribution in [1.82, 2.24) is 14.5 Å². The van der Waals surface area contributed by atoms with E-state index in [2.05, 4.69) is 11.1 Å². The van der Waals surface area contributed by atoms with Gasteiger partial charge in [-0.25, -0.2) is 13.4 Å². The molecule has 8 nitrogen and oxygen atoms in total. The lowest BCUT2D eigenvalue weighted by molar-refractivity contribution is -0.122. The fourth-order valence-electron chi connectivity index (χ4n) is 4.46. The number of aromatic nitrogens is 2. The normalized spacial score (nSPS) is 17.6. The molecular formula is C26H28ClN5O3S. The Morgan fingerprint density at radius 1 is 1.19 bits per heavy atom. The van der Waals surface area contributed by atoms with Crippen LogP contribution in [0.1, 0.15) is 30.6 Å². The smallest absolute Gasteiger partial charge is 0.241 e. The molecule has 4 rings (SSSR count). The molecule has 1 aliphatic heterocycles. The maximum absolute atomic E-state index is 13.2. The molecule has 188 valence electrons. The van der Waals surface area contributed by atoms with Crippen molar-refractivity contribution in [2.45, 2.75) is 32.0 Å². The third kappa shape index (κ3) is 5.95. The van der Waals surface area contributed by atoms with Gasteiger partial charge in [-0.05, 0) is 30.2 Å². The zero-order valence-electron chi connectivity index (χ0n) is 20.0. The summed E-state index contributed by atoms with van der Waals surface area (Å²) in [6.45, 7) is 2.45. The number of halogens is 1. The Morgan fingerprint density at radius 3 is 2.67 bits per heavy atom. The van der Waals surface area contributed by atoms with E-state index in [0.29, 0.717) is 30.2 Å². The zero-order valence-corrected chi connectivity index (χ0v) is 21.6. The lowest BCUT2D eigenvalue weighted by Gasteiger charge is -2.41. The monoisotopic (exact) mass is 525 g/mol. The standard InChI is InChI=1S/C26H28ClN5O3S/c1-2-36(34,35)12-11-23-17-31(22-10-6-9-21(27)13-22)26(33)18-30(23)16-24-15-29-19-32(24)25(14-28)20-7-4-3-5-8-20/h3-10,13,15,19,23,25H,2,11-12,16-18H2,1H3/t23-,25?/m0/s1. The van der Waals surface area contributed by atoms with Gasteiger partial charge in [0.2, 0.25) is 5.91 Å². The Labute approximate surface area is 216 Å². The summed E-state index contributed by atoms with van der Waals surface area (Å²) in [5.41, 5.74) is 2.30. The van der Waals surface area contributed by atoms with Gasteiger partial charge in [-0.15, -0.1) is 0 Å². The van der Waals surface area contributed by atoms with Gasteiger partial charge < -0.3 is 9.47 Å². The molecule has 0 N–H and O–H groups in total. The lowest BCUT2D eigenvalue weighted by atomic mass is 10.1. The molecule has 2 heterocycles. The van der Waals surface area contributed by atoms with Crippen LogP contribution < -0.4 is 4.90 Å². The third-order valence-electron chi connectivity index (χ3n) is 6.50. The number of imidazole rings is 1. The van der Waals surface area contributed by atoms with E-state index in [1.54, 1.807) is 42.5 Å². The zero-order chi connectivity index (χ0) is 25.7. The van der Waals surface area contributed by atoms with Crippen LogP contribution in [0.25, 0.3) is 0 Å². The van der Waals surface area contributed by atoms with Crippen molar-refractivity contribution in [3.8, 4) is 6.07 Å². The fraction of sp³-hybridized carbons (Fsp3) is 0.346. The molecule has 1 fully saturated rings. The van der Waals surface area contributed by atoms with Crippen molar-refractivity contribution in [3.63, 3.8) is 0 Å². The van der Waals surface area contributed by atoms with Gasteiger partial charge in [0.15, 0.2) is 0 Å². The first-order valence-corrected chi connectivity index (χ1v) is 14.0. The maximum Gasteiger partial charge on any atom is 0.241 e. The molecule has 0 spiro atoms. The van der Waals surface area contributed by atoms with Crippen LogP contribution in [-0.2, 0) is 21.2 Å². The highest BCUT2D eigenvalue weighted by atomic mass is 35.5. The minimum Gasteiger partial charge on any atom is -0.313 e. The predicted octanol–water partition coefficient (Wildman–Crippen LogP) is 3.69. The van der Waals surface area contributed by atoms with Gasteiger partial charge in [0.05, 0.1) is 30.4 Å². The number of nitriles is 1. The van der Waals surface area contributed by atoms with E-state index in [1.165, 1.54) is 0 Å². The molecule has 0 aliphatic carbocycles. The van der Waals surface area contributed by atoms with E-state index in [9.17, 15) is 18.5 Å². The van der Waals surface area contributed by atoms with Gasteiger partial charge in [-0.1, -0.05) is 54.9 Å². The molecule has 1 saturated heterocycles. The molecule has 0 bridgehead atoms. The van der Waals surface area contributed by atoms with Gasteiger partial charge >= 0.3 is 0 Å². The summed E-state index contributed by atoms with van der Waals surface area (Å²) in [6.07, 6.45) is 3.70. The number of nitrogens with zero attached hydrogens (tertiary/aromatic N) is 5. The Bertz CT molecular complexity index is 1350. The SMILES string of the molecule is CCS(=O)(=O)CC[C@H]1CN(c2cccc(Cl)c2)C(=O)CN1Cc1cncn1C(C#N)c1ccccc1. The molecule has 0 radical (unpaired) electrons. The van der Waals surface area contributed by atoms with Crippen LogP contribution in [-0.4, -0.2) is 59.4 Å². The summed E-state index contributed by atoms with van der Waals surface area (Å²) in [6, 6.07) is 18.1. The summed E-state index contributed by atoms with van der Waals surface area (Å²) in [4.78, 5) is 21.1. The fourth-order valence-corrected chi connectivity index (χ4v) is 5.56. The van der Waals surface area contributed by atoms with Crippen molar-refractivity contribution in [2.75, 3.05) is 29.5 Å². The van der Waals surface area contributed by atoms with E-state index < -0.39 is 15.9 Å². The second kappa shape index (κ2) is 11.2. The molecule has 36 heavy (non-hydrogen) atoms. The number of carbonyl (C=O) groups is 1. The van der Waals surface area contributed by atoms with Crippen LogP contribution >= 0.6 is 11.6 Å². The Balaban J connectivity index is 1.61. The number of hydrogen-bond acceptors (Lipinski definition) is 6. The van der Waals surface area contributed by atoms with Gasteiger partial charge in [0.25, 0.3) is 0 Å². The van der Waals surface area contributed by atoms with Crippen LogP contribution in [0.4, 0.5) is 5.69 Å².